The Bertz CT molecular complexity index is 590. The van der Waals surface area contributed by atoms with Crippen molar-refractivity contribution < 1.29 is 4.79 Å². The van der Waals surface area contributed by atoms with Crippen LogP contribution in [0.15, 0.2) is 24.5 Å². The van der Waals surface area contributed by atoms with E-state index in [1.54, 1.807) is 16.8 Å². The number of hydrogen-bond acceptors (Lipinski definition) is 4. The number of nitrogens with one attached hydrogen (secondary N) is 1. The molecule has 0 unspecified atom stereocenters. The van der Waals surface area contributed by atoms with E-state index in [9.17, 15) is 4.79 Å². The Hall–Kier alpha value is -2.37. The maximum atomic E-state index is 12.0. The highest BCUT2D eigenvalue weighted by Crippen LogP contribution is 2.08. The summed E-state index contributed by atoms with van der Waals surface area (Å²) in [7, 11) is 1.87. The Labute approximate surface area is 111 Å². The van der Waals surface area contributed by atoms with Gasteiger partial charge in [0.1, 0.15) is 5.82 Å². The number of amides is 1. The van der Waals surface area contributed by atoms with E-state index in [2.05, 4.69) is 15.4 Å². The van der Waals surface area contributed by atoms with Gasteiger partial charge >= 0.3 is 0 Å². The highest BCUT2D eigenvalue weighted by molar-refractivity contribution is 5.94. The zero-order chi connectivity index (χ0) is 13.8. The largest absolute Gasteiger partial charge is 0.384 e. The van der Waals surface area contributed by atoms with Crippen LogP contribution in [-0.2, 0) is 20.0 Å². The van der Waals surface area contributed by atoms with Gasteiger partial charge in [-0.25, -0.2) is 4.98 Å². The monoisotopic (exact) mass is 259 g/mol. The van der Waals surface area contributed by atoms with E-state index >= 15 is 0 Å². The molecule has 2 aromatic heterocycles. The smallest absolute Gasteiger partial charge is 0.251 e. The van der Waals surface area contributed by atoms with Crippen molar-refractivity contribution >= 4 is 11.7 Å². The van der Waals surface area contributed by atoms with Crippen LogP contribution >= 0.6 is 0 Å². The van der Waals surface area contributed by atoms with E-state index in [1.165, 1.54) is 6.20 Å². The van der Waals surface area contributed by atoms with Gasteiger partial charge in [0.05, 0.1) is 5.69 Å². The first kappa shape index (κ1) is 13.1. The summed E-state index contributed by atoms with van der Waals surface area (Å²) in [6.07, 6.45) is 4.28. The molecule has 3 N–H and O–H groups in total. The van der Waals surface area contributed by atoms with Crippen molar-refractivity contribution in [2.75, 3.05) is 5.73 Å². The lowest BCUT2D eigenvalue weighted by Crippen LogP contribution is -2.23. The second-order valence-electron chi connectivity index (χ2n) is 4.28. The topological polar surface area (TPSA) is 85.8 Å². The Kier molecular flexibility index (Phi) is 3.79. The molecule has 1 amide bonds. The van der Waals surface area contributed by atoms with Crippen LogP contribution in [0.25, 0.3) is 0 Å². The van der Waals surface area contributed by atoms with Gasteiger partial charge in [-0.2, -0.15) is 5.10 Å². The predicted octanol–water partition coefficient (Wildman–Crippen LogP) is 0.890. The van der Waals surface area contributed by atoms with Crippen LogP contribution in [0.4, 0.5) is 5.82 Å². The lowest BCUT2D eigenvalue weighted by atomic mass is 10.2. The van der Waals surface area contributed by atoms with Crippen LogP contribution in [0.1, 0.15) is 28.5 Å². The fourth-order valence-corrected chi connectivity index (χ4v) is 1.90. The molecule has 0 fully saturated rings. The molecule has 0 aliphatic carbocycles. The summed E-state index contributed by atoms with van der Waals surface area (Å²) in [5.41, 5.74) is 8.08. The minimum atomic E-state index is -0.167. The molecule has 6 heteroatoms. The fraction of sp³-hybridized carbons (Fsp3) is 0.308. The molecular weight excluding hydrogens is 242 g/mol. The van der Waals surface area contributed by atoms with Crippen molar-refractivity contribution in [3.8, 4) is 0 Å². The molecule has 0 saturated carbocycles. The molecule has 0 aliphatic heterocycles. The van der Waals surface area contributed by atoms with Crippen LogP contribution < -0.4 is 11.1 Å². The zero-order valence-electron chi connectivity index (χ0n) is 11.1. The first-order valence-corrected chi connectivity index (χ1v) is 6.11. The molecule has 0 bridgehead atoms. The number of rotatable bonds is 4. The van der Waals surface area contributed by atoms with Crippen molar-refractivity contribution in [1.82, 2.24) is 20.1 Å². The first-order valence-electron chi connectivity index (χ1n) is 6.11. The quantitative estimate of drug-likeness (QED) is 0.853. The Morgan fingerprint density at radius 3 is 3.00 bits per heavy atom. The molecule has 19 heavy (non-hydrogen) atoms. The minimum absolute atomic E-state index is 0.167. The number of aromatic nitrogens is 3. The van der Waals surface area contributed by atoms with Gasteiger partial charge in [0.15, 0.2) is 0 Å². The summed E-state index contributed by atoms with van der Waals surface area (Å²) in [6, 6.07) is 3.19. The van der Waals surface area contributed by atoms with Gasteiger partial charge in [-0.3, -0.25) is 9.48 Å². The summed E-state index contributed by atoms with van der Waals surface area (Å²) in [5, 5.41) is 7.18. The average Bonchev–Trinajstić information content (AvgIpc) is 2.76. The van der Waals surface area contributed by atoms with E-state index in [4.69, 9.17) is 5.73 Å². The molecule has 100 valence electrons. The number of nitrogens with two attached hydrogens (primary N) is 1. The fourth-order valence-electron chi connectivity index (χ4n) is 1.90. The van der Waals surface area contributed by atoms with Gasteiger partial charge < -0.3 is 11.1 Å². The van der Waals surface area contributed by atoms with Crippen molar-refractivity contribution in [3.63, 3.8) is 0 Å². The van der Waals surface area contributed by atoms with E-state index < -0.39 is 0 Å². The van der Waals surface area contributed by atoms with Gasteiger partial charge in [-0.1, -0.05) is 6.92 Å². The second-order valence-corrected chi connectivity index (χ2v) is 4.28. The van der Waals surface area contributed by atoms with E-state index in [0.717, 1.165) is 17.7 Å². The third-order valence-electron chi connectivity index (χ3n) is 2.81. The van der Waals surface area contributed by atoms with Crippen molar-refractivity contribution in [2.45, 2.75) is 19.9 Å². The number of nitrogens with zero attached hydrogens (tertiary/aromatic N) is 3. The van der Waals surface area contributed by atoms with Gasteiger partial charge in [0.2, 0.25) is 0 Å². The number of anilines is 1. The van der Waals surface area contributed by atoms with Crippen LogP contribution in [0.3, 0.4) is 0 Å². The van der Waals surface area contributed by atoms with Gasteiger partial charge in [-0.15, -0.1) is 0 Å². The molecule has 0 aromatic carbocycles. The van der Waals surface area contributed by atoms with Crippen LogP contribution in [0.2, 0.25) is 0 Å². The lowest BCUT2D eigenvalue weighted by molar-refractivity contribution is 0.0951. The van der Waals surface area contributed by atoms with E-state index in [-0.39, 0.29) is 5.91 Å². The molecule has 0 atom stereocenters. The predicted molar refractivity (Wildman–Crippen MR) is 72.4 cm³/mol. The number of carbonyl (C=O) groups is 1. The molecule has 0 radical (unpaired) electrons. The molecule has 0 aliphatic rings. The van der Waals surface area contributed by atoms with Crippen molar-refractivity contribution in [3.05, 3.63) is 41.3 Å². The maximum Gasteiger partial charge on any atom is 0.251 e. The average molecular weight is 259 g/mol. The van der Waals surface area contributed by atoms with Gasteiger partial charge in [0, 0.05) is 37.1 Å². The molecule has 0 spiro atoms. The highest BCUT2D eigenvalue weighted by Gasteiger charge is 2.09. The molecular formula is C13H17N5O. The number of hydrogen-bond donors (Lipinski definition) is 2. The summed E-state index contributed by atoms with van der Waals surface area (Å²) in [4.78, 5) is 15.8. The zero-order valence-corrected chi connectivity index (χ0v) is 11.1. The van der Waals surface area contributed by atoms with Crippen LogP contribution in [0, 0.1) is 0 Å². The Morgan fingerprint density at radius 1 is 1.53 bits per heavy atom. The number of nitrogen functional groups attached to an aromatic ring is 1. The molecule has 6 nitrogen and oxygen atoms in total. The van der Waals surface area contributed by atoms with Gasteiger partial charge in [0.25, 0.3) is 5.91 Å². The maximum absolute atomic E-state index is 12.0. The Balaban J connectivity index is 2.04. The molecule has 2 rings (SSSR count). The first-order chi connectivity index (χ1) is 9.10. The standard InChI is InChI=1S/C13H17N5O/c1-3-11-10(8-18(2)17-11)7-16-13(19)9-4-5-15-12(14)6-9/h4-6,8H,3,7H2,1-2H3,(H2,14,15)(H,16,19). The SMILES string of the molecule is CCc1nn(C)cc1CNC(=O)c1ccnc(N)c1. The Morgan fingerprint density at radius 2 is 2.32 bits per heavy atom. The summed E-state index contributed by atoms with van der Waals surface area (Å²) in [5.74, 6) is 0.170. The highest BCUT2D eigenvalue weighted by atomic mass is 16.1. The van der Waals surface area contributed by atoms with Crippen LogP contribution in [-0.4, -0.2) is 20.7 Å². The molecule has 0 saturated heterocycles. The number of pyridine rings is 1. The van der Waals surface area contributed by atoms with Crippen LogP contribution in [0.5, 0.6) is 0 Å². The molecule has 2 heterocycles. The number of aryl methyl sites for hydroxylation is 2. The summed E-state index contributed by atoms with van der Waals surface area (Å²) < 4.78 is 1.75. The summed E-state index contributed by atoms with van der Waals surface area (Å²) in [6.45, 7) is 2.50. The normalized spacial score (nSPS) is 10.4. The van der Waals surface area contributed by atoms with Gasteiger partial charge in [-0.05, 0) is 18.6 Å². The van der Waals surface area contributed by atoms with E-state index in [0.29, 0.717) is 17.9 Å². The summed E-state index contributed by atoms with van der Waals surface area (Å²) >= 11 is 0. The third kappa shape index (κ3) is 3.09. The van der Waals surface area contributed by atoms with Crippen molar-refractivity contribution in [2.24, 2.45) is 7.05 Å². The van der Waals surface area contributed by atoms with E-state index in [1.807, 2.05) is 20.2 Å². The lowest BCUT2D eigenvalue weighted by Gasteiger charge is -2.05. The second kappa shape index (κ2) is 5.51. The molecule has 2 aromatic rings. The number of carbonyl (C=O) groups excluding carboxylic acids is 1. The minimum Gasteiger partial charge on any atom is -0.384 e. The van der Waals surface area contributed by atoms with Crippen molar-refractivity contribution in [1.29, 1.82) is 0 Å². The third-order valence-corrected chi connectivity index (χ3v) is 2.81.